The number of hydrogen-bond donors (Lipinski definition) is 0. The molecule has 20 heavy (non-hydrogen) atoms. The summed E-state index contributed by atoms with van der Waals surface area (Å²) >= 11 is 0. The van der Waals surface area contributed by atoms with Gasteiger partial charge in [-0.1, -0.05) is 47.1 Å². The summed E-state index contributed by atoms with van der Waals surface area (Å²) in [4.78, 5) is 22.3. The predicted molar refractivity (Wildman–Crippen MR) is 85.5 cm³/mol. The van der Waals surface area contributed by atoms with Gasteiger partial charge in [0.15, 0.2) is 11.6 Å². The van der Waals surface area contributed by atoms with Crippen LogP contribution in [0.1, 0.15) is 41.0 Å². The Morgan fingerprint density at radius 3 is 2.00 bits per heavy atom. The Bertz CT molecular complexity index is 494. The highest BCUT2D eigenvalue weighted by Crippen LogP contribution is 2.05. The van der Waals surface area contributed by atoms with E-state index in [1.807, 2.05) is 52.0 Å². The lowest BCUT2D eigenvalue weighted by atomic mass is 10.1. The molecule has 0 unspecified atom stereocenters. The van der Waals surface area contributed by atoms with Gasteiger partial charge in [-0.3, -0.25) is 9.59 Å². The second-order valence-electron chi connectivity index (χ2n) is 5.12. The second-order valence-corrected chi connectivity index (χ2v) is 5.12. The molecule has 0 aromatic carbocycles. The summed E-state index contributed by atoms with van der Waals surface area (Å²) < 4.78 is 0. The molecule has 0 saturated heterocycles. The molecule has 0 N–H and O–H groups in total. The van der Waals surface area contributed by atoms with E-state index < -0.39 is 0 Å². The molecule has 0 amide bonds. The smallest absolute Gasteiger partial charge is 0.159 e. The molecule has 0 rings (SSSR count). The normalized spacial score (nSPS) is 13.1. The quantitative estimate of drug-likeness (QED) is 0.505. The van der Waals surface area contributed by atoms with Crippen molar-refractivity contribution < 1.29 is 9.59 Å². The molecule has 0 aliphatic heterocycles. The van der Waals surface area contributed by atoms with E-state index in [9.17, 15) is 9.59 Å². The lowest BCUT2D eigenvalue weighted by molar-refractivity contribution is -0.114. The van der Waals surface area contributed by atoms with Gasteiger partial charge in [0.25, 0.3) is 0 Å². The maximum absolute atomic E-state index is 11.6. The van der Waals surface area contributed by atoms with Crippen molar-refractivity contribution in [2.75, 3.05) is 0 Å². The highest BCUT2D eigenvalue weighted by atomic mass is 16.1. The second kappa shape index (κ2) is 9.90. The van der Waals surface area contributed by atoms with E-state index in [4.69, 9.17) is 0 Å². The van der Waals surface area contributed by atoms with Crippen molar-refractivity contribution in [3.8, 4) is 0 Å². The van der Waals surface area contributed by atoms with Crippen LogP contribution >= 0.6 is 0 Å². The Balaban J connectivity index is 4.47. The van der Waals surface area contributed by atoms with Crippen LogP contribution in [0.5, 0.6) is 0 Å². The SMILES string of the molecule is CC(=O)/C=C/C=C(C)/C=C/C=C(\C)CC(=O)C=C(C)C. The zero-order valence-electron chi connectivity index (χ0n) is 13.1. The molecule has 0 aliphatic carbocycles. The number of allylic oxidation sites excluding steroid dienone is 10. The number of ketones is 2. The standard InChI is InChI=1S/C18H24O2/c1-14(2)12-18(20)13-16(4)10-6-8-15(3)9-7-11-17(5)19/h6-12H,13H2,1-5H3/b8-6+,11-7+,15-9+,16-10+. The molecule has 0 spiro atoms. The van der Waals surface area contributed by atoms with Crippen LogP contribution in [0, 0.1) is 0 Å². The summed E-state index contributed by atoms with van der Waals surface area (Å²) in [5.74, 6) is 0.162. The van der Waals surface area contributed by atoms with Gasteiger partial charge in [-0.15, -0.1) is 0 Å². The first-order valence-corrected chi connectivity index (χ1v) is 6.68. The van der Waals surface area contributed by atoms with Gasteiger partial charge in [0.1, 0.15) is 0 Å². The zero-order valence-corrected chi connectivity index (χ0v) is 13.1. The topological polar surface area (TPSA) is 34.1 Å². The summed E-state index contributed by atoms with van der Waals surface area (Å²) in [6, 6.07) is 0. The van der Waals surface area contributed by atoms with Crippen molar-refractivity contribution in [1.29, 1.82) is 0 Å². The van der Waals surface area contributed by atoms with E-state index in [1.165, 1.54) is 13.0 Å². The summed E-state index contributed by atoms with van der Waals surface area (Å²) in [6.45, 7) is 9.25. The summed E-state index contributed by atoms with van der Waals surface area (Å²) in [6.07, 6.45) is 13.0. The van der Waals surface area contributed by atoms with Crippen molar-refractivity contribution in [1.82, 2.24) is 0 Å². The number of carbonyl (C=O) groups is 2. The predicted octanol–water partition coefficient (Wildman–Crippen LogP) is 4.51. The van der Waals surface area contributed by atoms with Gasteiger partial charge in [0, 0.05) is 6.42 Å². The van der Waals surface area contributed by atoms with E-state index in [-0.39, 0.29) is 11.6 Å². The first kappa shape index (κ1) is 18.0. The monoisotopic (exact) mass is 272 g/mol. The summed E-state index contributed by atoms with van der Waals surface area (Å²) in [5.41, 5.74) is 3.09. The molecule has 0 bridgehead atoms. The Morgan fingerprint density at radius 1 is 0.850 bits per heavy atom. The molecular formula is C18H24O2. The van der Waals surface area contributed by atoms with Gasteiger partial charge < -0.3 is 0 Å². The van der Waals surface area contributed by atoms with E-state index in [1.54, 1.807) is 12.2 Å². The van der Waals surface area contributed by atoms with Crippen molar-refractivity contribution in [2.24, 2.45) is 0 Å². The van der Waals surface area contributed by atoms with Crippen molar-refractivity contribution >= 4 is 11.6 Å². The fourth-order valence-corrected chi connectivity index (χ4v) is 1.46. The van der Waals surface area contributed by atoms with Crippen LogP contribution in [-0.4, -0.2) is 11.6 Å². The molecule has 2 heteroatoms. The van der Waals surface area contributed by atoms with E-state index in [2.05, 4.69) is 0 Å². The molecule has 108 valence electrons. The lowest BCUT2D eigenvalue weighted by Gasteiger charge is -1.96. The van der Waals surface area contributed by atoms with Gasteiger partial charge in [-0.05, 0) is 46.8 Å². The highest BCUT2D eigenvalue weighted by Gasteiger charge is 1.97. The number of hydrogen-bond acceptors (Lipinski definition) is 2. The van der Waals surface area contributed by atoms with Gasteiger partial charge in [-0.25, -0.2) is 0 Å². The van der Waals surface area contributed by atoms with Gasteiger partial charge in [0.2, 0.25) is 0 Å². The third-order valence-electron chi connectivity index (χ3n) is 2.33. The van der Waals surface area contributed by atoms with E-state index >= 15 is 0 Å². The largest absolute Gasteiger partial charge is 0.295 e. The molecule has 0 radical (unpaired) electrons. The Morgan fingerprint density at radius 2 is 1.45 bits per heavy atom. The van der Waals surface area contributed by atoms with Crippen LogP contribution in [-0.2, 0) is 9.59 Å². The Labute approximate surface area is 122 Å². The summed E-state index contributed by atoms with van der Waals surface area (Å²) in [5, 5.41) is 0. The average Bonchev–Trinajstić information content (AvgIpc) is 2.26. The first-order chi connectivity index (χ1) is 9.31. The zero-order chi connectivity index (χ0) is 15.5. The minimum atomic E-state index is 0.0338. The van der Waals surface area contributed by atoms with E-state index in [0.717, 1.165) is 16.7 Å². The molecule has 2 nitrogen and oxygen atoms in total. The molecule has 0 aromatic heterocycles. The Hall–Kier alpha value is -1.96. The highest BCUT2D eigenvalue weighted by molar-refractivity contribution is 5.91. The van der Waals surface area contributed by atoms with Crippen molar-refractivity contribution in [3.05, 3.63) is 59.3 Å². The van der Waals surface area contributed by atoms with Gasteiger partial charge in [0.05, 0.1) is 0 Å². The molecular weight excluding hydrogens is 248 g/mol. The maximum Gasteiger partial charge on any atom is 0.159 e. The van der Waals surface area contributed by atoms with Gasteiger partial charge >= 0.3 is 0 Å². The molecule has 0 saturated carbocycles. The van der Waals surface area contributed by atoms with Crippen LogP contribution in [0.3, 0.4) is 0 Å². The fraction of sp³-hybridized carbons (Fsp3) is 0.333. The number of carbonyl (C=O) groups excluding carboxylic acids is 2. The summed E-state index contributed by atoms with van der Waals surface area (Å²) in [7, 11) is 0. The Kier molecular flexibility index (Phi) is 8.93. The van der Waals surface area contributed by atoms with Crippen molar-refractivity contribution in [2.45, 2.75) is 41.0 Å². The van der Waals surface area contributed by atoms with E-state index in [0.29, 0.717) is 6.42 Å². The fourth-order valence-electron chi connectivity index (χ4n) is 1.46. The van der Waals surface area contributed by atoms with Gasteiger partial charge in [-0.2, -0.15) is 0 Å². The van der Waals surface area contributed by atoms with Crippen LogP contribution in [0.15, 0.2) is 59.3 Å². The third kappa shape index (κ3) is 11.1. The van der Waals surface area contributed by atoms with Crippen LogP contribution < -0.4 is 0 Å². The maximum atomic E-state index is 11.6. The molecule has 0 fully saturated rings. The van der Waals surface area contributed by atoms with Crippen LogP contribution in [0.4, 0.5) is 0 Å². The molecule has 0 aromatic rings. The lowest BCUT2D eigenvalue weighted by Crippen LogP contribution is -1.93. The molecule has 0 atom stereocenters. The molecule has 0 heterocycles. The molecule has 0 aliphatic rings. The van der Waals surface area contributed by atoms with Crippen LogP contribution in [0.25, 0.3) is 0 Å². The average molecular weight is 272 g/mol. The number of rotatable bonds is 7. The van der Waals surface area contributed by atoms with Crippen molar-refractivity contribution in [3.63, 3.8) is 0 Å². The third-order valence-corrected chi connectivity index (χ3v) is 2.33. The minimum absolute atomic E-state index is 0.0338. The minimum Gasteiger partial charge on any atom is -0.295 e. The first-order valence-electron chi connectivity index (χ1n) is 6.68. The van der Waals surface area contributed by atoms with Crippen LogP contribution in [0.2, 0.25) is 0 Å².